The van der Waals surface area contributed by atoms with E-state index in [1.807, 2.05) is 32.9 Å². The van der Waals surface area contributed by atoms with Crippen LogP contribution in [0.5, 0.6) is 0 Å². The van der Waals surface area contributed by atoms with Gasteiger partial charge >= 0.3 is 0 Å². The third-order valence-corrected chi connectivity index (χ3v) is 3.80. The molecule has 1 atom stereocenters. The standard InChI is InChI=1S/C13H17F2N/c1-8-4-10(3)11(5-9(8)2)12(7-16)6-13(12,14)15/h4-5H,6-7,16H2,1-3H3. The highest BCUT2D eigenvalue weighted by Gasteiger charge is 2.71. The average molecular weight is 225 g/mol. The maximum absolute atomic E-state index is 13.5. The highest BCUT2D eigenvalue weighted by molar-refractivity contribution is 5.47. The summed E-state index contributed by atoms with van der Waals surface area (Å²) in [5.41, 5.74) is 8.29. The van der Waals surface area contributed by atoms with Crippen molar-refractivity contribution in [3.63, 3.8) is 0 Å². The largest absolute Gasteiger partial charge is 0.329 e. The number of halogens is 2. The van der Waals surface area contributed by atoms with Crippen molar-refractivity contribution < 1.29 is 8.78 Å². The topological polar surface area (TPSA) is 26.0 Å². The zero-order valence-corrected chi connectivity index (χ0v) is 9.90. The molecule has 2 rings (SSSR count). The Morgan fingerprint density at radius 2 is 1.62 bits per heavy atom. The van der Waals surface area contributed by atoms with Crippen LogP contribution in [-0.2, 0) is 5.41 Å². The van der Waals surface area contributed by atoms with Gasteiger partial charge in [0.15, 0.2) is 0 Å². The number of alkyl halides is 2. The van der Waals surface area contributed by atoms with Crippen LogP contribution < -0.4 is 5.73 Å². The first kappa shape index (κ1) is 11.5. The van der Waals surface area contributed by atoms with Crippen LogP contribution >= 0.6 is 0 Å². The highest BCUT2D eigenvalue weighted by Crippen LogP contribution is 2.61. The lowest BCUT2D eigenvalue weighted by Crippen LogP contribution is -2.27. The number of nitrogens with two attached hydrogens (primary N) is 1. The van der Waals surface area contributed by atoms with Crippen molar-refractivity contribution in [2.24, 2.45) is 5.73 Å². The van der Waals surface area contributed by atoms with Gasteiger partial charge in [0.1, 0.15) is 0 Å². The van der Waals surface area contributed by atoms with Crippen molar-refractivity contribution in [3.05, 3.63) is 34.4 Å². The van der Waals surface area contributed by atoms with Crippen LogP contribution in [0.2, 0.25) is 0 Å². The number of aryl methyl sites for hydroxylation is 3. The molecule has 0 saturated heterocycles. The summed E-state index contributed by atoms with van der Waals surface area (Å²) in [4.78, 5) is 0. The molecule has 1 aromatic carbocycles. The number of hydrogen-bond acceptors (Lipinski definition) is 1. The third-order valence-electron chi connectivity index (χ3n) is 3.80. The second-order valence-electron chi connectivity index (χ2n) is 4.92. The molecule has 1 aliphatic carbocycles. The lowest BCUT2D eigenvalue weighted by atomic mass is 9.88. The molecule has 1 aliphatic rings. The summed E-state index contributed by atoms with van der Waals surface area (Å²) in [6.07, 6.45) is -0.111. The summed E-state index contributed by atoms with van der Waals surface area (Å²) in [5.74, 6) is -2.63. The van der Waals surface area contributed by atoms with Gasteiger partial charge in [0, 0.05) is 13.0 Å². The molecule has 0 spiro atoms. The zero-order valence-electron chi connectivity index (χ0n) is 9.90. The Kier molecular flexibility index (Phi) is 2.35. The SMILES string of the molecule is Cc1cc(C)c(C2(CN)CC2(F)F)cc1C. The molecule has 0 amide bonds. The number of benzene rings is 1. The minimum absolute atomic E-state index is 0.0172. The van der Waals surface area contributed by atoms with Gasteiger partial charge in [0.25, 0.3) is 5.92 Å². The van der Waals surface area contributed by atoms with Crippen LogP contribution in [0.1, 0.15) is 28.7 Å². The minimum Gasteiger partial charge on any atom is -0.329 e. The van der Waals surface area contributed by atoms with E-state index in [-0.39, 0.29) is 13.0 Å². The fourth-order valence-electron chi connectivity index (χ4n) is 2.43. The average Bonchev–Trinajstić information content (AvgIpc) is 2.76. The first-order valence-corrected chi connectivity index (χ1v) is 5.50. The molecule has 1 saturated carbocycles. The van der Waals surface area contributed by atoms with Gasteiger partial charge in [-0.25, -0.2) is 8.78 Å². The first-order chi connectivity index (χ1) is 7.34. The molecule has 0 bridgehead atoms. The maximum atomic E-state index is 13.5. The van der Waals surface area contributed by atoms with Crippen LogP contribution in [-0.4, -0.2) is 12.5 Å². The smallest absolute Gasteiger partial charge is 0.260 e. The molecule has 88 valence electrons. The quantitative estimate of drug-likeness (QED) is 0.823. The van der Waals surface area contributed by atoms with Gasteiger partial charge in [-0.2, -0.15) is 0 Å². The highest BCUT2D eigenvalue weighted by atomic mass is 19.3. The van der Waals surface area contributed by atoms with Gasteiger partial charge < -0.3 is 5.73 Å². The second-order valence-corrected chi connectivity index (χ2v) is 4.92. The second kappa shape index (κ2) is 3.27. The molecular weight excluding hydrogens is 208 g/mol. The summed E-state index contributed by atoms with van der Waals surface area (Å²) >= 11 is 0. The molecule has 16 heavy (non-hydrogen) atoms. The van der Waals surface area contributed by atoms with Crippen LogP contribution in [0.15, 0.2) is 12.1 Å². The third kappa shape index (κ3) is 1.38. The van der Waals surface area contributed by atoms with E-state index >= 15 is 0 Å². The van der Waals surface area contributed by atoms with Crippen molar-refractivity contribution in [1.29, 1.82) is 0 Å². The predicted octanol–water partition coefficient (Wildman–Crippen LogP) is 2.85. The number of hydrogen-bond donors (Lipinski definition) is 1. The van der Waals surface area contributed by atoms with E-state index in [0.29, 0.717) is 0 Å². The molecule has 3 heteroatoms. The minimum atomic E-state index is -2.63. The normalized spacial score (nSPS) is 26.9. The van der Waals surface area contributed by atoms with Crippen LogP contribution in [0, 0.1) is 20.8 Å². The van der Waals surface area contributed by atoms with Crippen LogP contribution in [0.4, 0.5) is 8.78 Å². The van der Waals surface area contributed by atoms with Crippen LogP contribution in [0.3, 0.4) is 0 Å². The molecule has 2 N–H and O–H groups in total. The Hall–Kier alpha value is -0.960. The molecule has 1 fully saturated rings. The maximum Gasteiger partial charge on any atom is 0.260 e. The Morgan fingerprint density at radius 3 is 2.06 bits per heavy atom. The summed E-state index contributed by atoms with van der Waals surface area (Å²) in [6.45, 7) is 5.84. The summed E-state index contributed by atoms with van der Waals surface area (Å²) < 4.78 is 26.9. The van der Waals surface area contributed by atoms with Crippen molar-refractivity contribution in [3.8, 4) is 0 Å². The molecule has 0 aromatic heterocycles. The van der Waals surface area contributed by atoms with E-state index < -0.39 is 11.3 Å². The molecule has 0 aliphatic heterocycles. The Balaban J connectivity index is 2.53. The first-order valence-electron chi connectivity index (χ1n) is 5.50. The number of rotatable bonds is 2. The van der Waals surface area contributed by atoms with Crippen molar-refractivity contribution in [2.45, 2.75) is 38.5 Å². The van der Waals surface area contributed by atoms with Crippen molar-refractivity contribution >= 4 is 0 Å². The molecule has 0 heterocycles. The summed E-state index contributed by atoms with van der Waals surface area (Å²) in [7, 11) is 0. The van der Waals surface area contributed by atoms with Crippen molar-refractivity contribution in [2.75, 3.05) is 6.54 Å². The van der Waals surface area contributed by atoms with E-state index in [1.54, 1.807) is 0 Å². The van der Waals surface area contributed by atoms with E-state index in [4.69, 9.17) is 5.73 Å². The van der Waals surface area contributed by atoms with Gasteiger partial charge in [0.2, 0.25) is 0 Å². The lowest BCUT2D eigenvalue weighted by Gasteiger charge is -2.19. The van der Waals surface area contributed by atoms with Gasteiger partial charge in [-0.15, -0.1) is 0 Å². The Morgan fingerprint density at radius 1 is 1.12 bits per heavy atom. The van der Waals surface area contributed by atoms with Gasteiger partial charge in [-0.05, 0) is 43.0 Å². The molecule has 1 nitrogen and oxygen atoms in total. The summed E-state index contributed by atoms with van der Waals surface area (Å²) in [5, 5.41) is 0. The van der Waals surface area contributed by atoms with Crippen molar-refractivity contribution in [1.82, 2.24) is 0 Å². The molecule has 1 aromatic rings. The monoisotopic (exact) mass is 225 g/mol. The van der Waals surface area contributed by atoms with Gasteiger partial charge in [-0.3, -0.25) is 0 Å². The van der Waals surface area contributed by atoms with E-state index in [1.165, 1.54) is 0 Å². The fraction of sp³-hybridized carbons (Fsp3) is 0.538. The zero-order chi connectivity index (χ0) is 12.1. The van der Waals surface area contributed by atoms with E-state index in [2.05, 4.69) is 0 Å². The fourth-order valence-corrected chi connectivity index (χ4v) is 2.43. The van der Waals surface area contributed by atoms with Gasteiger partial charge in [0.05, 0.1) is 5.41 Å². The van der Waals surface area contributed by atoms with Gasteiger partial charge in [-0.1, -0.05) is 12.1 Å². The predicted molar refractivity (Wildman–Crippen MR) is 60.9 cm³/mol. The van der Waals surface area contributed by atoms with E-state index in [0.717, 1.165) is 22.3 Å². The summed E-state index contributed by atoms with van der Waals surface area (Å²) in [6, 6.07) is 3.84. The molecule has 0 radical (unpaired) electrons. The Bertz CT molecular complexity index is 440. The Labute approximate surface area is 94.7 Å². The van der Waals surface area contributed by atoms with Crippen LogP contribution in [0.25, 0.3) is 0 Å². The lowest BCUT2D eigenvalue weighted by molar-refractivity contribution is 0.0894. The van der Waals surface area contributed by atoms with E-state index in [9.17, 15) is 8.78 Å². The molecular formula is C13H17F2N. The molecule has 1 unspecified atom stereocenters.